The highest BCUT2D eigenvalue weighted by Crippen LogP contribution is 2.27. The second-order valence-electron chi connectivity index (χ2n) is 11.8. The smallest absolute Gasteiger partial charge is 0.137 e. The molecule has 0 aromatic rings. The minimum absolute atomic E-state index is 0.287. The quantitative estimate of drug-likeness (QED) is 0.129. The summed E-state index contributed by atoms with van der Waals surface area (Å²) in [5, 5.41) is 0. The molecule has 1 fully saturated rings. The molecule has 3 aliphatic heterocycles. The van der Waals surface area contributed by atoms with Gasteiger partial charge in [-0.1, -0.05) is 70.9 Å². The van der Waals surface area contributed by atoms with Gasteiger partial charge in [0.15, 0.2) is 0 Å². The van der Waals surface area contributed by atoms with E-state index in [0.29, 0.717) is 12.6 Å². The maximum atomic E-state index is 12.8. The van der Waals surface area contributed by atoms with Crippen LogP contribution in [0.5, 0.6) is 0 Å². The molecule has 1 saturated heterocycles. The number of allylic oxidation sites excluding steroid dienone is 8. The lowest BCUT2D eigenvalue weighted by Gasteiger charge is -2.42. The lowest BCUT2D eigenvalue weighted by Crippen LogP contribution is -2.52. The molecular weight excluding hydrogens is 533 g/mol. The van der Waals surface area contributed by atoms with Gasteiger partial charge in [-0.2, -0.15) is 0 Å². The third kappa shape index (κ3) is 10.6. The molecule has 0 N–H and O–H groups in total. The van der Waals surface area contributed by atoms with Crippen molar-refractivity contribution in [1.82, 2.24) is 14.7 Å². The standard InChI is InChI=1S/C27H38FN5.C10H20/c1-7-9-23-17-26(25(29-6)16-21(4)20(3)8-2)30-27-11-10-24(19-33(23)27)32-15-14-31(13-12-28)22(5)18-32;1-5-7-8-10(4)9(3)6-2/h9-11,16-17,19,22H,3,7-8,12-15,18H2,1-2,4-6H3;8-9H,5-7H2,1-4H3/b21-16+,23-9+,29-25?;10-8-/t22-;/m1./s1. The molecule has 0 spiro atoms. The van der Waals surface area contributed by atoms with Crippen LogP contribution in [0.25, 0.3) is 0 Å². The fraction of sp³-hybridized carbons (Fsp3) is 0.568. The first-order valence-corrected chi connectivity index (χ1v) is 16.4. The van der Waals surface area contributed by atoms with Crippen LogP contribution in [0.15, 0.2) is 93.0 Å². The van der Waals surface area contributed by atoms with Gasteiger partial charge >= 0.3 is 0 Å². The molecular formula is C37H58FN5. The van der Waals surface area contributed by atoms with Gasteiger partial charge < -0.3 is 9.80 Å². The number of rotatable bonds is 12. The number of fused-ring (bicyclic) bond motifs is 1. The molecule has 238 valence electrons. The molecule has 0 aliphatic carbocycles. The number of amidine groups is 1. The predicted molar refractivity (Wildman–Crippen MR) is 186 cm³/mol. The number of aliphatic imine (C=N–C) groups is 2. The Morgan fingerprint density at radius 2 is 1.93 bits per heavy atom. The lowest BCUT2D eigenvalue weighted by atomic mass is 9.99. The molecule has 43 heavy (non-hydrogen) atoms. The fourth-order valence-corrected chi connectivity index (χ4v) is 5.23. The second kappa shape index (κ2) is 18.6. The van der Waals surface area contributed by atoms with Crippen LogP contribution >= 0.6 is 0 Å². The molecule has 6 heteroatoms. The average Bonchev–Trinajstić information content (AvgIpc) is 3.02. The van der Waals surface area contributed by atoms with Gasteiger partial charge in [-0.05, 0) is 82.2 Å². The number of hydrogen-bond donors (Lipinski definition) is 0. The summed E-state index contributed by atoms with van der Waals surface area (Å²) in [7, 11) is 1.81. The Kier molecular flexibility index (Phi) is 15.7. The zero-order valence-corrected chi connectivity index (χ0v) is 28.6. The Balaban J connectivity index is 0.000000553. The lowest BCUT2D eigenvalue weighted by molar-refractivity contribution is 0.0994. The Hall–Kier alpha value is -2.99. The van der Waals surface area contributed by atoms with Crippen LogP contribution in [-0.2, 0) is 0 Å². The number of unbranched alkanes of at least 4 members (excludes halogenated alkanes) is 1. The summed E-state index contributed by atoms with van der Waals surface area (Å²) in [6.45, 7) is 24.6. The maximum Gasteiger partial charge on any atom is 0.137 e. The molecule has 1 unspecified atom stereocenters. The van der Waals surface area contributed by atoms with Gasteiger partial charge in [0, 0.05) is 51.2 Å². The molecule has 0 amide bonds. The van der Waals surface area contributed by atoms with Crippen LogP contribution in [-0.4, -0.2) is 72.2 Å². The minimum atomic E-state index is -0.287. The first-order chi connectivity index (χ1) is 20.6. The molecule has 0 bridgehead atoms. The highest BCUT2D eigenvalue weighted by atomic mass is 19.1. The van der Waals surface area contributed by atoms with Crippen molar-refractivity contribution in [2.45, 2.75) is 93.5 Å². The van der Waals surface area contributed by atoms with Crippen molar-refractivity contribution < 1.29 is 4.39 Å². The maximum absolute atomic E-state index is 12.8. The van der Waals surface area contributed by atoms with E-state index in [-0.39, 0.29) is 6.67 Å². The van der Waals surface area contributed by atoms with Crippen LogP contribution in [0.4, 0.5) is 4.39 Å². The minimum Gasteiger partial charge on any atom is -0.367 e. The summed E-state index contributed by atoms with van der Waals surface area (Å²) < 4.78 is 12.8. The van der Waals surface area contributed by atoms with E-state index in [1.54, 1.807) is 5.57 Å². The summed E-state index contributed by atoms with van der Waals surface area (Å²) in [5.41, 5.74) is 7.79. The van der Waals surface area contributed by atoms with Crippen molar-refractivity contribution in [2.24, 2.45) is 15.9 Å². The Labute approximate surface area is 262 Å². The number of alkyl halides is 1. The zero-order chi connectivity index (χ0) is 31.9. The van der Waals surface area contributed by atoms with Gasteiger partial charge in [0.25, 0.3) is 0 Å². The molecule has 0 radical (unpaired) electrons. The summed E-state index contributed by atoms with van der Waals surface area (Å²) in [4.78, 5) is 16.2. The van der Waals surface area contributed by atoms with Gasteiger partial charge in [-0.3, -0.25) is 9.89 Å². The molecule has 2 atom stereocenters. The Morgan fingerprint density at radius 3 is 2.51 bits per heavy atom. The first-order valence-electron chi connectivity index (χ1n) is 16.4. The number of halogens is 1. The molecule has 0 saturated carbocycles. The van der Waals surface area contributed by atoms with Gasteiger partial charge in [-0.15, -0.1) is 0 Å². The average molecular weight is 592 g/mol. The van der Waals surface area contributed by atoms with Crippen molar-refractivity contribution in [2.75, 3.05) is 39.9 Å². The van der Waals surface area contributed by atoms with E-state index in [1.807, 2.05) is 7.05 Å². The molecule has 5 nitrogen and oxygen atoms in total. The van der Waals surface area contributed by atoms with E-state index in [4.69, 9.17) is 4.99 Å². The SMILES string of the molecule is C=C(CC)/C(C)=C/C(=NC)C1=C/C(=C\CC)N2C=C(N3CCN(CCF)[C@H](C)C3)C=CC2=N1.CCC/C=C(/C)C(C)CC. The molecule has 3 rings (SSSR count). The Bertz CT molecular complexity index is 1180. The van der Waals surface area contributed by atoms with Crippen LogP contribution in [0.2, 0.25) is 0 Å². The van der Waals surface area contributed by atoms with E-state index in [1.165, 1.54) is 25.0 Å². The summed E-state index contributed by atoms with van der Waals surface area (Å²) in [6.07, 6.45) is 20.8. The first kappa shape index (κ1) is 36.2. The zero-order valence-electron chi connectivity index (χ0n) is 28.6. The third-order valence-electron chi connectivity index (χ3n) is 8.61. The summed E-state index contributed by atoms with van der Waals surface area (Å²) >= 11 is 0. The van der Waals surface area contributed by atoms with Crippen LogP contribution in [0.3, 0.4) is 0 Å². The van der Waals surface area contributed by atoms with E-state index >= 15 is 0 Å². The number of hydrogen-bond acceptors (Lipinski definition) is 5. The fourth-order valence-electron chi connectivity index (χ4n) is 5.23. The van der Waals surface area contributed by atoms with Gasteiger partial charge in [-0.25, -0.2) is 9.38 Å². The Morgan fingerprint density at radius 1 is 1.19 bits per heavy atom. The molecule has 3 heterocycles. The number of piperazine rings is 1. The molecule has 3 aliphatic rings. The largest absolute Gasteiger partial charge is 0.367 e. The van der Waals surface area contributed by atoms with Crippen LogP contribution < -0.4 is 0 Å². The van der Waals surface area contributed by atoms with Crippen molar-refractivity contribution in [3.8, 4) is 0 Å². The van der Waals surface area contributed by atoms with E-state index < -0.39 is 0 Å². The van der Waals surface area contributed by atoms with Crippen LogP contribution in [0, 0.1) is 5.92 Å². The topological polar surface area (TPSA) is 34.4 Å². The summed E-state index contributed by atoms with van der Waals surface area (Å²) in [6, 6.07) is 0.327. The van der Waals surface area contributed by atoms with E-state index in [2.05, 4.69) is 124 Å². The number of nitrogens with zero attached hydrogens (tertiary/aromatic N) is 5. The van der Waals surface area contributed by atoms with Crippen molar-refractivity contribution in [1.29, 1.82) is 0 Å². The van der Waals surface area contributed by atoms with E-state index in [9.17, 15) is 4.39 Å². The van der Waals surface area contributed by atoms with E-state index in [0.717, 1.165) is 72.5 Å². The van der Waals surface area contributed by atoms with Gasteiger partial charge in [0.2, 0.25) is 0 Å². The third-order valence-corrected chi connectivity index (χ3v) is 8.61. The van der Waals surface area contributed by atoms with Crippen molar-refractivity contribution in [3.05, 3.63) is 83.0 Å². The van der Waals surface area contributed by atoms with Crippen LogP contribution in [0.1, 0.15) is 87.5 Å². The highest BCUT2D eigenvalue weighted by molar-refractivity contribution is 6.12. The molecule has 0 aromatic heterocycles. The van der Waals surface area contributed by atoms with Crippen molar-refractivity contribution in [3.63, 3.8) is 0 Å². The highest BCUT2D eigenvalue weighted by Gasteiger charge is 2.27. The second-order valence-corrected chi connectivity index (χ2v) is 11.8. The normalized spacial score (nSPS) is 21.5. The molecule has 0 aromatic carbocycles. The monoisotopic (exact) mass is 591 g/mol. The summed E-state index contributed by atoms with van der Waals surface area (Å²) in [5.74, 6) is 1.67. The predicted octanol–water partition coefficient (Wildman–Crippen LogP) is 9.03. The van der Waals surface area contributed by atoms with Gasteiger partial charge in [0.1, 0.15) is 12.5 Å². The van der Waals surface area contributed by atoms with Crippen molar-refractivity contribution >= 4 is 11.5 Å². The van der Waals surface area contributed by atoms with Gasteiger partial charge in [0.05, 0.1) is 17.1 Å².